The van der Waals surface area contributed by atoms with Crippen LogP contribution in [0.4, 0.5) is 0 Å². The molecule has 3 aromatic carbocycles. The van der Waals surface area contributed by atoms with E-state index in [-0.39, 0.29) is 11.9 Å². The number of rotatable bonds is 3. The van der Waals surface area contributed by atoms with Crippen LogP contribution in [0.2, 0.25) is 0 Å². The molecule has 1 amide bonds. The van der Waals surface area contributed by atoms with Crippen molar-refractivity contribution in [2.45, 2.75) is 6.04 Å². The third-order valence-corrected chi connectivity index (χ3v) is 4.88. The molecule has 0 spiro atoms. The van der Waals surface area contributed by atoms with Crippen LogP contribution in [0.25, 0.3) is 16.9 Å². The van der Waals surface area contributed by atoms with Gasteiger partial charge in [0.25, 0.3) is 5.91 Å². The fourth-order valence-electron chi connectivity index (χ4n) is 3.65. The first-order valence-electron chi connectivity index (χ1n) is 8.92. The summed E-state index contributed by atoms with van der Waals surface area (Å²) in [4.78, 5) is 12.9. The molecule has 27 heavy (non-hydrogen) atoms. The Hall–Kier alpha value is -3.66. The Balaban J connectivity index is 1.78. The molecule has 1 unspecified atom stereocenters. The van der Waals surface area contributed by atoms with Crippen LogP contribution >= 0.6 is 0 Å². The van der Waals surface area contributed by atoms with E-state index in [1.165, 1.54) is 0 Å². The van der Waals surface area contributed by atoms with Crippen LogP contribution in [0.15, 0.2) is 91.0 Å². The van der Waals surface area contributed by atoms with Gasteiger partial charge in [-0.05, 0) is 17.7 Å². The highest BCUT2D eigenvalue weighted by molar-refractivity contribution is 6.01. The van der Waals surface area contributed by atoms with Gasteiger partial charge in [0.2, 0.25) is 0 Å². The van der Waals surface area contributed by atoms with Gasteiger partial charge < -0.3 is 5.32 Å². The van der Waals surface area contributed by atoms with E-state index in [0.29, 0.717) is 5.69 Å². The molecule has 1 aliphatic rings. The summed E-state index contributed by atoms with van der Waals surface area (Å²) in [5.74, 6) is -0.0996. The summed E-state index contributed by atoms with van der Waals surface area (Å²) < 4.78 is 1.76. The van der Waals surface area contributed by atoms with Crippen molar-refractivity contribution in [2.24, 2.45) is 0 Å². The van der Waals surface area contributed by atoms with Crippen molar-refractivity contribution in [3.8, 4) is 16.9 Å². The Kier molecular flexibility index (Phi) is 3.61. The van der Waals surface area contributed by atoms with Crippen molar-refractivity contribution in [1.82, 2.24) is 15.1 Å². The van der Waals surface area contributed by atoms with E-state index >= 15 is 0 Å². The molecule has 0 aliphatic carbocycles. The quantitative estimate of drug-likeness (QED) is 0.596. The molecule has 1 N–H and O–H groups in total. The van der Waals surface area contributed by atoms with Crippen LogP contribution in [-0.2, 0) is 0 Å². The topological polar surface area (TPSA) is 46.9 Å². The second-order valence-electron chi connectivity index (χ2n) is 6.54. The average Bonchev–Trinajstić information content (AvgIpc) is 3.29. The van der Waals surface area contributed by atoms with Gasteiger partial charge in [0, 0.05) is 11.1 Å². The maximum Gasteiger partial charge on any atom is 0.271 e. The summed E-state index contributed by atoms with van der Waals surface area (Å²) >= 11 is 0. The zero-order valence-electron chi connectivity index (χ0n) is 14.5. The monoisotopic (exact) mass is 351 g/mol. The first-order valence-corrected chi connectivity index (χ1v) is 8.92. The molecule has 0 bridgehead atoms. The largest absolute Gasteiger partial charge is 0.340 e. The molecule has 0 saturated heterocycles. The molecule has 1 atom stereocenters. The number of fused-ring (bicyclic) bond motifs is 1. The minimum Gasteiger partial charge on any atom is -0.340 e. The molecule has 4 nitrogen and oxygen atoms in total. The minimum atomic E-state index is -0.207. The molecule has 130 valence electrons. The summed E-state index contributed by atoms with van der Waals surface area (Å²) in [6, 6.07) is 29.6. The van der Waals surface area contributed by atoms with Gasteiger partial charge in [-0.15, -0.1) is 0 Å². The number of hydrogen-bond donors (Lipinski definition) is 1. The maximum absolute atomic E-state index is 12.9. The van der Waals surface area contributed by atoms with Gasteiger partial charge in [-0.3, -0.25) is 4.79 Å². The number of nitrogens with zero attached hydrogens (tertiary/aromatic N) is 2. The predicted molar refractivity (Wildman–Crippen MR) is 105 cm³/mol. The number of amides is 1. The second-order valence-corrected chi connectivity index (χ2v) is 6.54. The molecular formula is C23H17N3O. The Morgan fingerprint density at radius 3 is 2.04 bits per heavy atom. The molecule has 0 fully saturated rings. The van der Waals surface area contributed by atoms with E-state index in [4.69, 9.17) is 5.10 Å². The molecule has 0 saturated carbocycles. The molecular weight excluding hydrogens is 334 g/mol. The van der Waals surface area contributed by atoms with Gasteiger partial charge in [-0.2, -0.15) is 5.10 Å². The number of carbonyl (C=O) groups is 1. The number of carbonyl (C=O) groups excluding carboxylic acids is 1. The lowest BCUT2D eigenvalue weighted by Gasteiger charge is -2.13. The highest BCUT2D eigenvalue weighted by atomic mass is 16.2. The number of benzene rings is 3. The van der Waals surface area contributed by atoms with Crippen LogP contribution in [0.1, 0.15) is 27.7 Å². The normalized spacial score (nSPS) is 15.4. The van der Waals surface area contributed by atoms with Crippen LogP contribution in [0, 0.1) is 0 Å². The third-order valence-electron chi connectivity index (χ3n) is 4.88. The fraction of sp³-hybridized carbons (Fsp3) is 0.0435. The smallest absolute Gasteiger partial charge is 0.271 e. The minimum absolute atomic E-state index is 0.0996. The summed E-state index contributed by atoms with van der Waals surface area (Å²) in [7, 11) is 0. The first-order chi connectivity index (χ1) is 13.3. The maximum atomic E-state index is 12.9. The highest BCUT2D eigenvalue weighted by Gasteiger charge is 2.38. The molecule has 4 aromatic rings. The molecule has 4 heteroatoms. The first kappa shape index (κ1) is 15.6. The molecule has 1 aromatic heterocycles. The van der Waals surface area contributed by atoms with Crippen molar-refractivity contribution in [3.05, 3.63) is 108 Å². The van der Waals surface area contributed by atoms with E-state index in [2.05, 4.69) is 5.32 Å². The zero-order valence-corrected chi connectivity index (χ0v) is 14.5. The van der Waals surface area contributed by atoms with Crippen LogP contribution in [-0.4, -0.2) is 15.7 Å². The van der Waals surface area contributed by atoms with E-state index in [1.807, 2.05) is 91.0 Å². The van der Waals surface area contributed by atoms with E-state index in [1.54, 1.807) is 4.68 Å². The van der Waals surface area contributed by atoms with Crippen molar-refractivity contribution >= 4 is 5.91 Å². The number of nitrogens with one attached hydrogen (secondary N) is 1. The van der Waals surface area contributed by atoms with Crippen molar-refractivity contribution in [2.75, 3.05) is 0 Å². The number of para-hydroxylation sites is 1. The second kappa shape index (κ2) is 6.25. The van der Waals surface area contributed by atoms with Crippen molar-refractivity contribution < 1.29 is 4.79 Å². The van der Waals surface area contributed by atoms with Gasteiger partial charge in [0.15, 0.2) is 0 Å². The Morgan fingerprint density at radius 2 is 1.37 bits per heavy atom. The van der Waals surface area contributed by atoms with Crippen LogP contribution in [0.3, 0.4) is 0 Å². The Labute approximate surface area is 157 Å². The zero-order chi connectivity index (χ0) is 18.2. The number of aromatic nitrogens is 2. The molecule has 2 heterocycles. The van der Waals surface area contributed by atoms with Crippen molar-refractivity contribution in [1.29, 1.82) is 0 Å². The lowest BCUT2D eigenvalue weighted by Crippen LogP contribution is -2.22. The Morgan fingerprint density at radius 1 is 0.778 bits per heavy atom. The van der Waals surface area contributed by atoms with Gasteiger partial charge in [-0.25, -0.2) is 4.68 Å². The lowest BCUT2D eigenvalue weighted by molar-refractivity contribution is 0.0953. The average molecular weight is 351 g/mol. The van der Waals surface area contributed by atoms with Gasteiger partial charge in [0.05, 0.1) is 17.4 Å². The molecule has 1 aliphatic heterocycles. The molecule has 5 rings (SSSR count). The lowest BCUT2D eigenvalue weighted by atomic mass is 9.97. The van der Waals surface area contributed by atoms with Crippen LogP contribution in [0.5, 0.6) is 0 Å². The van der Waals surface area contributed by atoms with Gasteiger partial charge in [0.1, 0.15) is 5.69 Å². The third kappa shape index (κ3) is 2.54. The molecule has 0 radical (unpaired) electrons. The van der Waals surface area contributed by atoms with Gasteiger partial charge in [-0.1, -0.05) is 78.9 Å². The standard InChI is InChI=1S/C23H17N3O/c27-23-22-19(20(24-23)16-10-4-1-5-11-16)21(17-12-6-2-7-13-17)25-26(22)18-14-8-3-9-15-18/h1-15,20H,(H,24,27). The fourth-order valence-corrected chi connectivity index (χ4v) is 3.65. The predicted octanol–water partition coefficient (Wildman–Crippen LogP) is 4.37. The van der Waals surface area contributed by atoms with Crippen molar-refractivity contribution in [3.63, 3.8) is 0 Å². The Bertz CT molecular complexity index is 1100. The van der Waals surface area contributed by atoms with E-state index in [9.17, 15) is 4.79 Å². The highest BCUT2D eigenvalue weighted by Crippen LogP contribution is 2.39. The van der Waals surface area contributed by atoms with Gasteiger partial charge >= 0.3 is 0 Å². The van der Waals surface area contributed by atoms with Crippen LogP contribution < -0.4 is 5.32 Å². The summed E-state index contributed by atoms with van der Waals surface area (Å²) in [6.07, 6.45) is 0. The SMILES string of the molecule is O=C1NC(c2ccccc2)c2c(-c3ccccc3)nn(-c3ccccc3)c21. The summed E-state index contributed by atoms with van der Waals surface area (Å²) in [6.45, 7) is 0. The summed E-state index contributed by atoms with van der Waals surface area (Å²) in [5, 5.41) is 7.99. The number of hydrogen-bond acceptors (Lipinski definition) is 2. The summed E-state index contributed by atoms with van der Waals surface area (Å²) in [5.41, 5.74) is 5.30. The van der Waals surface area contributed by atoms with E-state index in [0.717, 1.165) is 28.1 Å². The van der Waals surface area contributed by atoms with E-state index < -0.39 is 0 Å².